The van der Waals surface area contributed by atoms with Crippen LogP contribution in [-0.2, 0) is 12.8 Å². The van der Waals surface area contributed by atoms with Crippen molar-refractivity contribution in [3.63, 3.8) is 0 Å². The molecule has 2 aromatic rings. The van der Waals surface area contributed by atoms with Crippen molar-refractivity contribution in [1.82, 2.24) is 0 Å². The standard InChI is InChI=1S/C20H34.C19H15NO/c1-4-12-18(13-5-2)14-8-7-9-16-20-17-11-10-15-19(20)6-3;1-13-7-8-16(14(2)21)11-15(13)9-10-17-12-20-19-6-4-3-5-18(17)19/h10-11,15,17-18H,4-9,12-14,16H2,1-3H3;3-8,11-12,18H,1-2H3. The lowest BCUT2D eigenvalue weighted by Gasteiger charge is -2.15. The summed E-state index contributed by atoms with van der Waals surface area (Å²) < 4.78 is 0. The van der Waals surface area contributed by atoms with Gasteiger partial charge in [0.1, 0.15) is 0 Å². The monoisotopic (exact) mass is 547 g/mol. The summed E-state index contributed by atoms with van der Waals surface area (Å²) in [6, 6.07) is 14.6. The normalized spacial score (nSPS) is 14.9. The molecule has 2 aromatic carbocycles. The van der Waals surface area contributed by atoms with Gasteiger partial charge in [-0.3, -0.25) is 9.79 Å². The molecule has 0 spiro atoms. The number of rotatable bonds is 12. The van der Waals surface area contributed by atoms with E-state index >= 15 is 0 Å². The summed E-state index contributed by atoms with van der Waals surface area (Å²) in [7, 11) is 0. The minimum Gasteiger partial charge on any atom is -0.295 e. The SMILES string of the molecule is CC(=O)c1ccc(C)c(C#CC2=CN=C3C=CC=CC23)c1.CCCC(CCC)CCCCCc1ccccc1CC. The van der Waals surface area contributed by atoms with Crippen LogP contribution in [0.5, 0.6) is 0 Å². The molecular formula is C39H49NO. The number of allylic oxidation sites excluding steroid dienone is 5. The first-order chi connectivity index (χ1) is 20.0. The number of unbranched alkanes of at least 4 members (excludes halogenated alkanes) is 2. The maximum Gasteiger partial charge on any atom is 0.159 e. The number of aliphatic imine (C=N–C) groups is 1. The van der Waals surface area contributed by atoms with Gasteiger partial charge < -0.3 is 0 Å². The van der Waals surface area contributed by atoms with E-state index in [4.69, 9.17) is 0 Å². The second-order valence-corrected chi connectivity index (χ2v) is 11.4. The van der Waals surface area contributed by atoms with Crippen LogP contribution in [-0.4, -0.2) is 11.5 Å². The number of fused-ring (bicyclic) bond motifs is 1. The molecule has 216 valence electrons. The lowest BCUT2D eigenvalue weighted by Crippen LogP contribution is -2.09. The van der Waals surface area contributed by atoms with Crippen molar-refractivity contribution in [3.8, 4) is 11.8 Å². The number of Topliss-reactive ketones (excluding diaryl/α,β-unsaturated/α-hetero) is 1. The fourth-order valence-electron chi connectivity index (χ4n) is 5.69. The molecule has 0 fully saturated rings. The number of hydrogen-bond donors (Lipinski definition) is 0. The number of ketones is 1. The molecule has 2 nitrogen and oxygen atoms in total. The molecule has 2 aliphatic rings. The van der Waals surface area contributed by atoms with Gasteiger partial charge in [0.15, 0.2) is 5.78 Å². The molecule has 0 radical (unpaired) electrons. The van der Waals surface area contributed by atoms with Gasteiger partial charge >= 0.3 is 0 Å². The zero-order chi connectivity index (χ0) is 29.5. The van der Waals surface area contributed by atoms with Crippen molar-refractivity contribution in [2.75, 3.05) is 0 Å². The summed E-state index contributed by atoms with van der Waals surface area (Å²) in [6.07, 6.45) is 23.6. The fourth-order valence-corrected chi connectivity index (χ4v) is 5.69. The molecular weight excluding hydrogens is 498 g/mol. The predicted molar refractivity (Wildman–Crippen MR) is 177 cm³/mol. The average Bonchev–Trinajstić information content (AvgIpc) is 3.40. The first kappa shape index (κ1) is 32.1. The van der Waals surface area contributed by atoms with Crippen molar-refractivity contribution in [3.05, 3.63) is 106 Å². The maximum absolute atomic E-state index is 11.5. The molecule has 1 heterocycles. The highest BCUT2D eigenvalue weighted by Gasteiger charge is 2.20. The number of aryl methyl sites for hydroxylation is 3. The lowest BCUT2D eigenvalue weighted by atomic mass is 9.91. The first-order valence-electron chi connectivity index (χ1n) is 15.8. The van der Waals surface area contributed by atoms with Gasteiger partial charge in [0.05, 0.1) is 11.6 Å². The molecule has 0 saturated carbocycles. The number of hydrogen-bond acceptors (Lipinski definition) is 2. The Bertz CT molecular complexity index is 1320. The molecule has 4 rings (SSSR count). The summed E-state index contributed by atoms with van der Waals surface area (Å²) in [5.41, 5.74) is 7.83. The zero-order valence-electron chi connectivity index (χ0n) is 26.0. The third-order valence-electron chi connectivity index (χ3n) is 8.13. The van der Waals surface area contributed by atoms with Crippen molar-refractivity contribution in [2.45, 2.75) is 98.8 Å². The van der Waals surface area contributed by atoms with E-state index in [1.807, 2.05) is 49.6 Å². The Morgan fingerprint density at radius 1 is 0.902 bits per heavy atom. The lowest BCUT2D eigenvalue weighted by molar-refractivity contribution is 0.101. The van der Waals surface area contributed by atoms with E-state index in [0.717, 1.165) is 28.3 Å². The van der Waals surface area contributed by atoms with Crippen molar-refractivity contribution < 1.29 is 4.79 Å². The van der Waals surface area contributed by atoms with E-state index in [9.17, 15) is 4.79 Å². The number of nitrogens with zero attached hydrogens (tertiary/aromatic N) is 1. The molecule has 0 N–H and O–H groups in total. The quantitative estimate of drug-likeness (QED) is 0.148. The van der Waals surface area contributed by atoms with Crippen LogP contribution in [0.15, 0.2) is 83.5 Å². The van der Waals surface area contributed by atoms with Gasteiger partial charge in [-0.2, -0.15) is 0 Å². The van der Waals surface area contributed by atoms with Gasteiger partial charge in [-0.1, -0.05) is 132 Å². The van der Waals surface area contributed by atoms with E-state index in [0.29, 0.717) is 5.56 Å². The Morgan fingerprint density at radius 2 is 1.66 bits per heavy atom. The minimum atomic E-state index is 0.0594. The molecule has 1 aliphatic heterocycles. The Kier molecular flexibility index (Phi) is 13.6. The van der Waals surface area contributed by atoms with E-state index in [-0.39, 0.29) is 11.7 Å². The number of carbonyl (C=O) groups excluding carboxylic acids is 1. The number of benzene rings is 2. The first-order valence-corrected chi connectivity index (χ1v) is 15.8. The van der Waals surface area contributed by atoms with Crippen molar-refractivity contribution in [1.29, 1.82) is 0 Å². The summed E-state index contributed by atoms with van der Waals surface area (Å²) in [6.45, 7) is 10.5. The van der Waals surface area contributed by atoms with Gasteiger partial charge in [-0.25, -0.2) is 0 Å². The Hall–Kier alpha value is -3.44. The summed E-state index contributed by atoms with van der Waals surface area (Å²) in [5, 5.41) is 0. The topological polar surface area (TPSA) is 29.4 Å². The van der Waals surface area contributed by atoms with Crippen LogP contribution in [0.25, 0.3) is 0 Å². The Balaban J connectivity index is 0.000000226. The van der Waals surface area contributed by atoms with Gasteiger partial charge in [0.2, 0.25) is 0 Å². The van der Waals surface area contributed by atoms with Crippen LogP contribution in [0, 0.1) is 30.6 Å². The van der Waals surface area contributed by atoms with Crippen molar-refractivity contribution in [2.24, 2.45) is 16.8 Å². The molecule has 41 heavy (non-hydrogen) atoms. The van der Waals surface area contributed by atoms with Gasteiger partial charge in [0.25, 0.3) is 0 Å². The summed E-state index contributed by atoms with van der Waals surface area (Å²) >= 11 is 0. The van der Waals surface area contributed by atoms with Crippen LogP contribution >= 0.6 is 0 Å². The minimum absolute atomic E-state index is 0.0594. The molecule has 2 heteroatoms. The molecule has 1 atom stereocenters. The van der Waals surface area contributed by atoms with Crippen LogP contribution < -0.4 is 0 Å². The van der Waals surface area contributed by atoms with E-state index in [1.54, 1.807) is 18.1 Å². The highest BCUT2D eigenvalue weighted by Crippen LogP contribution is 2.25. The third kappa shape index (κ3) is 10.2. The van der Waals surface area contributed by atoms with E-state index in [2.05, 4.69) is 67.9 Å². The fraction of sp³-hybridized carbons (Fsp3) is 0.436. The largest absolute Gasteiger partial charge is 0.295 e. The Morgan fingerprint density at radius 3 is 2.37 bits per heavy atom. The van der Waals surface area contributed by atoms with Crippen molar-refractivity contribution >= 4 is 11.5 Å². The van der Waals surface area contributed by atoms with Gasteiger partial charge in [0, 0.05) is 22.9 Å². The third-order valence-corrected chi connectivity index (χ3v) is 8.13. The molecule has 0 saturated heterocycles. The molecule has 0 amide bonds. The average molecular weight is 548 g/mol. The zero-order valence-corrected chi connectivity index (χ0v) is 26.0. The van der Waals surface area contributed by atoms with Gasteiger partial charge in [-0.05, 0) is 67.9 Å². The second kappa shape index (κ2) is 17.4. The highest BCUT2D eigenvalue weighted by atomic mass is 16.1. The highest BCUT2D eigenvalue weighted by molar-refractivity contribution is 6.04. The van der Waals surface area contributed by atoms with Gasteiger partial charge in [-0.15, -0.1) is 0 Å². The van der Waals surface area contributed by atoms with E-state index in [1.165, 1.54) is 64.2 Å². The van der Waals surface area contributed by atoms with Crippen LogP contribution in [0.1, 0.15) is 112 Å². The molecule has 0 bridgehead atoms. The predicted octanol–water partition coefficient (Wildman–Crippen LogP) is 10.2. The maximum atomic E-state index is 11.5. The Labute approximate surface area is 249 Å². The summed E-state index contributed by atoms with van der Waals surface area (Å²) in [4.78, 5) is 15.8. The molecule has 0 aromatic heterocycles. The summed E-state index contributed by atoms with van der Waals surface area (Å²) in [5.74, 6) is 7.62. The van der Waals surface area contributed by atoms with Crippen LogP contribution in [0.4, 0.5) is 0 Å². The van der Waals surface area contributed by atoms with Crippen LogP contribution in [0.3, 0.4) is 0 Å². The number of carbonyl (C=O) groups is 1. The smallest absolute Gasteiger partial charge is 0.159 e. The van der Waals surface area contributed by atoms with E-state index < -0.39 is 0 Å². The second-order valence-electron chi connectivity index (χ2n) is 11.4. The molecule has 1 aliphatic carbocycles. The van der Waals surface area contributed by atoms with Crippen LogP contribution in [0.2, 0.25) is 0 Å². The molecule has 1 unspecified atom stereocenters.